The number of nitrogens with zero attached hydrogens (tertiary/aromatic N) is 1. The van der Waals surface area contributed by atoms with Crippen molar-refractivity contribution in [2.24, 2.45) is 5.92 Å². The van der Waals surface area contributed by atoms with Crippen LogP contribution in [0, 0.1) is 5.92 Å². The first-order valence-corrected chi connectivity index (χ1v) is 5.88. The molecule has 2 fully saturated rings. The zero-order valence-electron chi connectivity index (χ0n) is 8.60. The van der Waals surface area contributed by atoms with E-state index in [1.165, 1.54) is 64.8 Å². The molecular formula is C11H22N2. The quantitative estimate of drug-likeness (QED) is 0.648. The number of hydrogen-bond donors (Lipinski definition) is 1. The summed E-state index contributed by atoms with van der Waals surface area (Å²) in [5.74, 6) is 1.01. The van der Waals surface area contributed by atoms with Gasteiger partial charge in [0.05, 0.1) is 0 Å². The van der Waals surface area contributed by atoms with Crippen LogP contribution in [0.3, 0.4) is 0 Å². The minimum atomic E-state index is 1.01. The van der Waals surface area contributed by atoms with Crippen molar-refractivity contribution in [1.29, 1.82) is 0 Å². The van der Waals surface area contributed by atoms with Gasteiger partial charge in [-0.2, -0.15) is 0 Å². The standard InChI is InChI=1S/C11H22N2/c1(5-11-9-12-10-11)2-6-13-7-3-4-8-13/h11-12H,1-10H2. The fourth-order valence-corrected chi connectivity index (χ4v) is 2.33. The highest BCUT2D eigenvalue weighted by Crippen LogP contribution is 2.14. The molecule has 0 aromatic rings. The number of unbranched alkanes of at least 4 members (excludes halogenated alkanes) is 1. The summed E-state index contributed by atoms with van der Waals surface area (Å²) in [6, 6.07) is 0. The van der Waals surface area contributed by atoms with Crippen molar-refractivity contribution in [2.45, 2.75) is 32.1 Å². The minimum absolute atomic E-state index is 1.01. The summed E-state index contributed by atoms with van der Waals surface area (Å²) in [6.45, 7) is 6.66. The van der Waals surface area contributed by atoms with E-state index in [1.54, 1.807) is 0 Å². The van der Waals surface area contributed by atoms with E-state index in [4.69, 9.17) is 0 Å². The van der Waals surface area contributed by atoms with Crippen molar-refractivity contribution in [3.8, 4) is 0 Å². The van der Waals surface area contributed by atoms with E-state index in [1.807, 2.05) is 0 Å². The summed E-state index contributed by atoms with van der Waals surface area (Å²) in [7, 11) is 0. The van der Waals surface area contributed by atoms with Gasteiger partial charge in [0, 0.05) is 0 Å². The van der Waals surface area contributed by atoms with E-state index < -0.39 is 0 Å². The molecule has 0 amide bonds. The van der Waals surface area contributed by atoms with Gasteiger partial charge in [0.1, 0.15) is 0 Å². The lowest BCUT2D eigenvalue weighted by Gasteiger charge is -2.27. The van der Waals surface area contributed by atoms with Crippen molar-refractivity contribution < 1.29 is 0 Å². The summed E-state index contributed by atoms with van der Waals surface area (Å²) in [5.41, 5.74) is 0. The number of likely N-dealkylation sites (tertiary alicyclic amines) is 1. The molecule has 2 heterocycles. The van der Waals surface area contributed by atoms with Gasteiger partial charge in [-0.1, -0.05) is 6.42 Å². The van der Waals surface area contributed by atoms with Crippen LogP contribution >= 0.6 is 0 Å². The Morgan fingerprint density at radius 1 is 1.08 bits per heavy atom. The molecule has 0 aromatic carbocycles. The van der Waals surface area contributed by atoms with Crippen molar-refractivity contribution in [1.82, 2.24) is 10.2 Å². The first-order valence-electron chi connectivity index (χ1n) is 5.88. The fraction of sp³-hybridized carbons (Fsp3) is 1.00. The lowest BCUT2D eigenvalue weighted by atomic mass is 9.96. The number of hydrogen-bond acceptors (Lipinski definition) is 2. The minimum Gasteiger partial charge on any atom is -0.316 e. The maximum atomic E-state index is 3.33. The molecule has 76 valence electrons. The van der Waals surface area contributed by atoms with Crippen LogP contribution in [0.25, 0.3) is 0 Å². The molecule has 2 aliphatic rings. The Morgan fingerprint density at radius 3 is 2.46 bits per heavy atom. The second kappa shape index (κ2) is 4.97. The van der Waals surface area contributed by atoms with Crippen LogP contribution in [0.5, 0.6) is 0 Å². The third kappa shape index (κ3) is 2.96. The van der Waals surface area contributed by atoms with Crippen LogP contribution in [0.1, 0.15) is 32.1 Å². The highest BCUT2D eigenvalue weighted by Gasteiger charge is 2.16. The van der Waals surface area contributed by atoms with Gasteiger partial charge in [0.15, 0.2) is 0 Å². The van der Waals surface area contributed by atoms with Crippen molar-refractivity contribution in [2.75, 3.05) is 32.7 Å². The topological polar surface area (TPSA) is 15.3 Å². The Morgan fingerprint density at radius 2 is 1.85 bits per heavy atom. The van der Waals surface area contributed by atoms with Crippen LogP contribution in [0.4, 0.5) is 0 Å². The number of nitrogens with one attached hydrogen (secondary N) is 1. The third-order valence-corrected chi connectivity index (χ3v) is 3.40. The predicted octanol–water partition coefficient (Wildman–Crippen LogP) is 1.47. The molecule has 0 aromatic heterocycles. The Labute approximate surface area is 81.7 Å². The molecule has 0 radical (unpaired) electrons. The van der Waals surface area contributed by atoms with Crippen molar-refractivity contribution in [3.63, 3.8) is 0 Å². The molecule has 2 saturated heterocycles. The summed E-state index contributed by atoms with van der Waals surface area (Å²) >= 11 is 0. The molecule has 0 unspecified atom stereocenters. The van der Waals surface area contributed by atoms with Crippen molar-refractivity contribution >= 4 is 0 Å². The molecular weight excluding hydrogens is 160 g/mol. The molecule has 0 aliphatic carbocycles. The normalized spacial score (nSPS) is 24.9. The summed E-state index contributed by atoms with van der Waals surface area (Å²) < 4.78 is 0. The summed E-state index contributed by atoms with van der Waals surface area (Å²) in [4.78, 5) is 2.62. The highest BCUT2D eigenvalue weighted by molar-refractivity contribution is 4.74. The molecule has 0 spiro atoms. The SMILES string of the molecule is C(CCN1CCCC1)CC1CNC1. The van der Waals surface area contributed by atoms with Gasteiger partial charge < -0.3 is 10.2 Å². The average Bonchev–Trinajstić information content (AvgIpc) is 2.53. The maximum absolute atomic E-state index is 3.33. The summed E-state index contributed by atoms with van der Waals surface area (Å²) in [5, 5.41) is 3.33. The lowest BCUT2D eigenvalue weighted by molar-refractivity contribution is 0.292. The van der Waals surface area contributed by atoms with Crippen molar-refractivity contribution in [3.05, 3.63) is 0 Å². The van der Waals surface area contributed by atoms with E-state index in [2.05, 4.69) is 10.2 Å². The van der Waals surface area contributed by atoms with E-state index >= 15 is 0 Å². The zero-order valence-corrected chi connectivity index (χ0v) is 8.60. The largest absolute Gasteiger partial charge is 0.316 e. The molecule has 1 N–H and O–H groups in total. The highest BCUT2D eigenvalue weighted by atomic mass is 15.1. The van der Waals surface area contributed by atoms with Gasteiger partial charge >= 0.3 is 0 Å². The molecule has 0 saturated carbocycles. The summed E-state index contributed by atoms with van der Waals surface area (Å²) in [6.07, 6.45) is 7.21. The fourth-order valence-electron chi connectivity index (χ4n) is 2.33. The molecule has 2 rings (SSSR count). The zero-order chi connectivity index (χ0) is 8.93. The Kier molecular flexibility index (Phi) is 3.62. The van der Waals surface area contributed by atoms with Gasteiger partial charge in [0.25, 0.3) is 0 Å². The second-order valence-electron chi connectivity index (χ2n) is 4.57. The van der Waals surface area contributed by atoms with Gasteiger partial charge in [-0.05, 0) is 64.3 Å². The van der Waals surface area contributed by atoms with Crippen LogP contribution in [0.15, 0.2) is 0 Å². The Balaban J connectivity index is 1.43. The molecule has 2 heteroatoms. The van der Waals surface area contributed by atoms with Crippen LogP contribution in [0.2, 0.25) is 0 Å². The van der Waals surface area contributed by atoms with E-state index in [9.17, 15) is 0 Å². The van der Waals surface area contributed by atoms with Gasteiger partial charge in [0.2, 0.25) is 0 Å². The predicted molar refractivity (Wildman–Crippen MR) is 55.9 cm³/mol. The van der Waals surface area contributed by atoms with Gasteiger partial charge in [-0.3, -0.25) is 0 Å². The van der Waals surface area contributed by atoms with Crippen LogP contribution in [-0.2, 0) is 0 Å². The monoisotopic (exact) mass is 182 g/mol. The first-order chi connectivity index (χ1) is 6.45. The second-order valence-corrected chi connectivity index (χ2v) is 4.57. The maximum Gasteiger partial charge on any atom is -0.000826 e. The van der Waals surface area contributed by atoms with Crippen LogP contribution in [-0.4, -0.2) is 37.6 Å². The number of rotatable bonds is 5. The third-order valence-electron chi connectivity index (χ3n) is 3.40. The molecule has 2 nitrogen and oxygen atoms in total. The molecule has 0 bridgehead atoms. The Hall–Kier alpha value is -0.0800. The molecule has 2 aliphatic heterocycles. The van der Waals surface area contributed by atoms with Gasteiger partial charge in [-0.25, -0.2) is 0 Å². The first kappa shape index (κ1) is 9.47. The van der Waals surface area contributed by atoms with E-state index in [0.717, 1.165) is 5.92 Å². The smallest absolute Gasteiger partial charge is 0.000826 e. The van der Waals surface area contributed by atoms with Crippen LogP contribution < -0.4 is 5.32 Å². The average molecular weight is 182 g/mol. The molecule has 13 heavy (non-hydrogen) atoms. The lowest BCUT2D eigenvalue weighted by Crippen LogP contribution is -2.41. The Bertz CT molecular complexity index is 137. The van der Waals surface area contributed by atoms with Gasteiger partial charge in [-0.15, -0.1) is 0 Å². The molecule has 0 atom stereocenters. The van der Waals surface area contributed by atoms with E-state index in [-0.39, 0.29) is 0 Å². The van der Waals surface area contributed by atoms with E-state index in [0.29, 0.717) is 0 Å².